The number of aromatic nitrogens is 2. The van der Waals surface area contributed by atoms with Crippen molar-refractivity contribution >= 4 is 23.4 Å². The maximum atomic E-state index is 12.7. The van der Waals surface area contributed by atoms with Crippen molar-refractivity contribution in [1.29, 1.82) is 0 Å². The first-order valence-corrected chi connectivity index (χ1v) is 11.4. The summed E-state index contributed by atoms with van der Waals surface area (Å²) in [6.45, 7) is 1.92. The number of aryl methyl sites for hydroxylation is 2. The van der Waals surface area contributed by atoms with Crippen molar-refractivity contribution in [2.24, 2.45) is 0 Å². The maximum absolute atomic E-state index is 12.7. The summed E-state index contributed by atoms with van der Waals surface area (Å²) in [5, 5.41) is 6.73. The van der Waals surface area contributed by atoms with Crippen LogP contribution < -0.4 is 21.3 Å². The van der Waals surface area contributed by atoms with Crippen molar-refractivity contribution in [3.63, 3.8) is 0 Å². The monoisotopic (exact) mass is 422 g/mol. The van der Waals surface area contributed by atoms with Crippen LogP contribution in [-0.4, -0.2) is 42.1 Å². The van der Waals surface area contributed by atoms with Crippen molar-refractivity contribution in [3.05, 3.63) is 40.6 Å². The van der Waals surface area contributed by atoms with E-state index >= 15 is 0 Å². The molecule has 1 amide bonds. The zero-order chi connectivity index (χ0) is 22.0. The number of nitrogen functional groups attached to an aromatic ring is 1. The molecular weight excluding hydrogens is 388 g/mol. The number of fused-ring (bicyclic) bond motifs is 1. The Hall–Kier alpha value is -2.83. The van der Waals surface area contributed by atoms with Crippen LogP contribution in [0, 0.1) is 6.92 Å². The largest absolute Gasteiger partial charge is 0.398 e. The van der Waals surface area contributed by atoms with Crippen molar-refractivity contribution in [2.75, 3.05) is 30.0 Å². The second-order valence-electron chi connectivity index (χ2n) is 9.10. The first kappa shape index (κ1) is 21.4. The minimum atomic E-state index is -0.0775. The lowest BCUT2D eigenvalue weighted by molar-refractivity contribution is 0.0927. The van der Waals surface area contributed by atoms with Crippen LogP contribution in [0.2, 0.25) is 0 Å². The molecule has 7 nitrogen and oxygen atoms in total. The predicted molar refractivity (Wildman–Crippen MR) is 126 cm³/mol. The summed E-state index contributed by atoms with van der Waals surface area (Å²) in [5.74, 6) is 1.71. The Morgan fingerprint density at radius 3 is 2.52 bits per heavy atom. The lowest BCUT2D eigenvalue weighted by atomic mass is 9.91. The topological polar surface area (TPSA) is 96.2 Å². The van der Waals surface area contributed by atoms with Gasteiger partial charge in [-0.05, 0) is 69.9 Å². The third-order valence-electron chi connectivity index (χ3n) is 6.55. The summed E-state index contributed by atoms with van der Waals surface area (Å²) in [7, 11) is 4.10. The molecule has 0 saturated heterocycles. The standard InChI is InChI=1S/C24H34N6O/c1-15-7-6-9-19(21(15)25)23(31)26-16-11-13-17(14-12-16)27-24-28-20-10-5-4-8-18(20)22(29-24)30(2)3/h6-7,9,16-17H,4-5,8,10-14,25H2,1-3H3,(H,26,31)(H,27,28,29)/t16-,17+. The second-order valence-corrected chi connectivity index (χ2v) is 9.10. The van der Waals surface area contributed by atoms with Gasteiger partial charge in [0.15, 0.2) is 0 Å². The number of nitrogens with one attached hydrogen (secondary N) is 2. The molecule has 1 aromatic carbocycles. The zero-order valence-corrected chi connectivity index (χ0v) is 18.9. The highest BCUT2D eigenvalue weighted by Gasteiger charge is 2.25. The summed E-state index contributed by atoms with van der Waals surface area (Å²) in [4.78, 5) is 24.4. The third kappa shape index (κ3) is 4.75. The fourth-order valence-corrected chi connectivity index (χ4v) is 4.72. The molecule has 1 heterocycles. The highest BCUT2D eigenvalue weighted by atomic mass is 16.1. The predicted octanol–water partition coefficient (Wildman–Crippen LogP) is 3.47. The molecular formula is C24H34N6O. The van der Waals surface area contributed by atoms with Crippen molar-refractivity contribution < 1.29 is 4.79 Å². The van der Waals surface area contributed by atoms with Crippen LogP contribution in [0.5, 0.6) is 0 Å². The van der Waals surface area contributed by atoms with Crippen LogP contribution in [0.1, 0.15) is 65.7 Å². The smallest absolute Gasteiger partial charge is 0.253 e. The van der Waals surface area contributed by atoms with E-state index in [1.807, 2.05) is 19.1 Å². The molecule has 2 aliphatic rings. The van der Waals surface area contributed by atoms with E-state index in [1.54, 1.807) is 6.07 Å². The molecule has 2 aromatic rings. The van der Waals surface area contributed by atoms with Gasteiger partial charge in [-0.25, -0.2) is 4.98 Å². The third-order valence-corrected chi connectivity index (χ3v) is 6.55. The molecule has 31 heavy (non-hydrogen) atoms. The molecule has 1 fully saturated rings. The summed E-state index contributed by atoms with van der Waals surface area (Å²) >= 11 is 0. The molecule has 0 radical (unpaired) electrons. The second kappa shape index (κ2) is 9.12. The van der Waals surface area contributed by atoms with Crippen molar-refractivity contribution in [3.8, 4) is 0 Å². The number of amides is 1. The minimum absolute atomic E-state index is 0.0775. The Bertz CT molecular complexity index is 949. The van der Waals surface area contributed by atoms with Crippen molar-refractivity contribution in [2.45, 2.75) is 70.4 Å². The first-order valence-electron chi connectivity index (χ1n) is 11.4. The summed E-state index contributed by atoms with van der Waals surface area (Å²) in [5.41, 5.74) is 10.7. The number of carbonyl (C=O) groups is 1. The number of benzene rings is 1. The summed E-state index contributed by atoms with van der Waals surface area (Å²) in [6, 6.07) is 6.09. The number of carbonyl (C=O) groups excluding carboxylic acids is 1. The summed E-state index contributed by atoms with van der Waals surface area (Å²) in [6.07, 6.45) is 8.34. The van der Waals surface area contributed by atoms with Gasteiger partial charge < -0.3 is 21.3 Å². The van der Waals surface area contributed by atoms with Gasteiger partial charge in [-0.15, -0.1) is 0 Å². The molecule has 0 aliphatic heterocycles. The van der Waals surface area contributed by atoms with Crippen molar-refractivity contribution in [1.82, 2.24) is 15.3 Å². The SMILES string of the molecule is Cc1cccc(C(=O)N[C@H]2CC[C@@H](Nc3nc4c(c(N(C)C)n3)CCCC4)CC2)c1N. The van der Waals surface area contributed by atoms with Gasteiger partial charge in [0.2, 0.25) is 5.95 Å². The molecule has 0 bridgehead atoms. The van der Waals surface area contributed by atoms with Gasteiger partial charge in [-0.1, -0.05) is 12.1 Å². The molecule has 2 aliphatic carbocycles. The number of anilines is 3. The van der Waals surface area contributed by atoms with Gasteiger partial charge in [0, 0.05) is 37.4 Å². The van der Waals surface area contributed by atoms with Gasteiger partial charge in [-0.3, -0.25) is 4.79 Å². The van der Waals surface area contributed by atoms with E-state index < -0.39 is 0 Å². The molecule has 4 rings (SSSR count). The Balaban J connectivity index is 1.36. The Morgan fingerprint density at radius 2 is 1.77 bits per heavy atom. The number of nitrogens with zero attached hydrogens (tertiary/aromatic N) is 3. The molecule has 0 spiro atoms. The first-order chi connectivity index (χ1) is 14.9. The Kier molecular flexibility index (Phi) is 6.30. The highest BCUT2D eigenvalue weighted by Crippen LogP contribution is 2.29. The van der Waals surface area contributed by atoms with E-state index in [0.717, 1.165) is 55.9 Å². The quantitative estimate of drug-likeness (QED) is 0.639. The molecule has 1 aromatic heterocycles. The van der Waals surface area contributed by atoms with Gasteiger partial charge in [0.25, 0.3) is 5.91 Å². The van der Waals surface area contributed by atoms with Gasteiger partial charge in [-0.2, -0.15) is 4.98 Å². The zero-order valence-electron chi connectivity index (χ0n) is 18.9. The number of hydrogen-bond donors (Lipinski definition) is 3. The van der Waals surface area contributed by atoms with E-state index in [4.69, 9.17) is 15.7 Å². The lowest BCUT2D eigenvalue weighted by Crippen LogP contribution is -2.40. The Morgan fingerprint density at radius 1 is 1.06 bits per heavy atom. The van der Waals surface area contributed by atoms with E-state index in [-0.39, 0.29) is 11.9 Å². The molecule has 7 heteroatoms. The van der Waals surface area contributed by atoms with E-state index in [1.165, 1.54) is 24.1 Å². The Labute approximate surface area is 184 Å². The van der Waals surface area contributed by atoms with Crippen LogP contribution in [0.3, 0.4) is 0 Å². The normalized spacial score (nSPS) is 20.6. The highest BCUT2D eigenvalue weighted by molar-refractivity contribution is 5.99. The van der Waals surface area contributed by atoms with E-state index in [0.29, 0.717) is 17.3 Å². The summed E-state index contributed by atoms with van der Waals surface area (Å²) < 4.78 is 0. The average molecular weight is 423 g/mol. The fraction of sp³-hybridized carbons (Fsp3) is 0.542. The number of nitrogens with two attached hydrogens (primary N) is 1. The number of rotatable bonds is 5. The van der Waals surface area contributed by atoms with Crippen LogP contribution >= 0.6 is 0 Å². The maximum Gasteiger partial charge on any atom is 0.253 e. The van der Waals surface area contributed by atoms with Gasteiger partial charge in [0.05, 0.1) is 11.3 Å². The number of para-hydroxylation sites is 1. The molecule has 0 atom stereocenters. The van der Waals surface area contributed by atoms with Crippen LogP contribution in [0.15, 0.2) is 18.2 Å². The van der Waals surface area contributed by atoms with Crippen LogP contribution in [-0.2, 0) is 12.8 Å². The molecule has 4 N–H and O–H groups in total. The fourth-order valence-electron chi connectivity index (χ4n) is 4.72. The minimum Gasteiger partial charge on any atom is -0.398 e. The molecule has 166 valence electrons. The molecule has 1 saturated carbocycles. The number of hydrogen-bond acceptors (Lipinski definition) is 6. The lowest BCUT2D eigenvalue weighted by Gasteiger charge is -2.30. The van der Waals surface area contributed by atoms with Crippen LogP contribution in [0.4, 0.5) is 17.5 Å². The van der Waals surface area contributed by atoms with Gasteiger partial charge in [0.1, 0.15) is 5.82 Å². The van der Waals surface area contributed by atoms with E-state index in [2.05, 4.69) is 29.6 Å². The molecule has 0 unspecified atom stereocenters. The van der Waals surface area contributed by atoms with E-state index in [9.17, 15) is 4.79 Å². The van der Waals surface area contributed by atoms with Crippen LogP contribution in [0.25, 0.3) is 0 Å². The van der Waals surface area contributed by atoms with Gasteiger partial charge >= 0.3 is 0 Å². The average Bonchev–Trinajstić information content (AvgIpc) is 2.76.